The van der Waals surface area contributed by atoms with Crippen LogP contribution >= 0.6 is 23.2 Å². The fraction of sp³-hybridized carbons (Fsp3) is 0.310. The van der Waals surface area contributed by atoms with Crippen molar-refractivity contribution < 1.29 is 19.7 Å². The van der Waals surface area contributed by atoms with Crippen LogP contribution in [-0.4, -0.2) is 56.9 Å². The maximum Gasteiger partial charge on any atom is 0.413 e. The average molecular weight is 572 g/mol. The lowest BCUT2D eigenvalue weighted by molar-refractivity contribution is 0.154. The number of ether oxygens (including phenoxy) is 1. The van der Waals surface area contributed by atoms with Gasteiger partial charge in [0.1, 0.15) is 18.1 Å². The molecule has 8 nitrogen and oxygen atoms in total. The van der Waals surface area contributed by atoms with Gasteiger partial charge in [-0.1, -0.05) is 54.4 Å². The molecular formula is C29H32Cl2N4O4. The fourth-order valence-electron chi connectivity index (χ4n) is 4.48. The molecule has 10 heteroatoms. The second-order valence-electron chi connectivity index (χ2n) is 9.27. The molecule has 2 heterocycles. The first kappa shape index (κ1) is 28.9. The molecule has 39 heavy (non-hydrogen) atoms. The maximum atomic E-state index is 12.7. The number of amides is 1. The number of aliphatic hydroxyl groups excluding tert-OH is 2. The number of aromatic nitrogens is 2. The van der Waals surface area contributed by atoms with Crippen LogP contribution < -0.4 is 5.32 Å². The molecular weight excluding hydrogens is 539 g/mol. The summed E-state index contributed by atoms with van der Waals surface area (Å²) in [6, 6.07) is 15.3. The molecule has 0 aliphatic heterocycles. The Morgan fingerprint density at radius 1 is 1.00 bits per heavy atom. The van der Waals surface area contributed by atoms with E-state index in [1.54, 1.807) is 18.2 Å². The summed E-state index contributed by atoms with van der Waals surface area (Å²) in [7, 11) is 0. The third-order valence-corrected chi connectivity index (χ3v) is 6.79. The van der Waals surface area contributed by atoms with Crippen molar-refractivity contribution in [3.05, 3.63) is 87.2 Å². The summed E-state index contributed by atoms with van der Waals surface area (Å²) < 4.78 is 7.33. The molecule has 0 saturated carbocycles. The first-order chi connectivity index (χ1) is 18.8. The smallest absolute Gasteiger partial charge is 0.413 e. The van der Waals surface area contributed by atoms with E-state index in [-0.39, 0.29) is 19.8 Å². The number of nitrogens with one attached hydrogen (secondary N) is 1. The van der Waals surface area contributed by atoms with E-state index in [1.165, 1.54) is 0 Å². The van der Waals surface area contributed by atoms with E-state index in [9.17, 15) is 15.0 Å². The summed E-state index contributed by atoms with van der Waals surface area (Å²) in [6.07, 6.45) is 1.98. The van der Waals surface area contributed by atoms with E-state index in [1.807, 2.05) is 53.6 Å². The van der Waals surface area contributed by atoms with Crippen LogP contribution in [0.5, 0.6) is 0 Å². The van der Waals surface area contributed by atoms with E-state index >= 15 is 0 Å². The van der Waals surface area contributed by atoms with Crippen molar-refractivity contribution >= 4 is 40.8 Å². The monoisotopic (exact) mass is 570 g/mol. The number of carbonyl (C=O) groups is 1. The number of carbonyl (C=O) groups excluding carboxylic acids is 1. The van der Waals surface area contributed by atoms with Gasteiger partial charge in [-0.15, -0.1) is 0 Å². The molecule has 3 N–H and O–H groups in total. The Kier molecular flexibility index (Phi) is 9.83. The minimum Gasteiger partial charge on any atom is -0.444 e. The molecule has 2 aromatic heterocycles. The molecule has 0 saturated heterocycles. The molecule has 206 valence electrons. The number of imidazole rings is 1. The molecule has 0 unspecified atom stereocenters. The summed E-state index contributed by atoms with van der Waals surface area (Å²) in [5.41, 5.74) is 6.23. The summed E-state index contributed by atoms with van der Waals surface area (Å²) in [5.74, 6) is 0.562. The lowest BCUT2D eigenvalue weighted by atomic mass is 10.0. The Bertz CT molecular complexity index is 1410. The fourth-order valence-corrected chi connectivity index (χ4v) is 5.06. The normalized spacial score (nSPS) is 11.4. The molecule has 4 aromatic rings. The zero-order valence-corrected chi connectivity index (χ0v) is 23.5. The SMILES string of the molecule is CCc1nc2c(C)cc(-c3ccc(CN(CCO)CCO)cc3)cn2c1NC(=O)OCc1cc(Cl)cc(Cl)c1. The van der Waals surface area contributed by atoms with Crippen molar-refractivity contribution in [1.29, 1.82) is 0 Å². The number of pyridine rings is 1. The number of aryl methyl sites for hydroxylation is 2. The highest BCUT2D eigenvalue weighted by Gasteiger charge is 2.17. The van der Waals surface area contributed by atoms with Gasteiger partial charge >= 0.3 is 6.09 Å². The van der Waals surface area contributed by atoms with Crippen molar-refractivity contribution in [2.75, 3.05) is 31.6 Å². The predicted octanol–water partition coefficient (Wildman–Crippen LogP) is 5.71. The molecule has 2 aromatic carbocycles. The number of halogens is 2. The molecule has 0 fully saturated rings. The molecule has 4 rings (SSSR count). The summed E-state index contributed by atoms with van der Waals surface area (Å²) in [6.45, 7) is 5.73. The number of anilines is 1. The highest BCUT2D eigenvalue weighted by Crippen LogP contribution is 2.28. The second-order valence-corrected chi connectivity index (χ2v) is 10.1. The zero-order chi connectivity index (χ0) is 27.9. The number of fused-ring (bicyclic) bond motifs is 1. The minimum atomic E-state index is -0.606. The highest BCUT2D eigenvalue weighted by atomic mass is 35.5. The molecule has 0 spiro atoms. The maximum absolute atomic E-state index is 12.7. The Morgan fingerprint density at radius 3 is 2.28 bits per heavy atom. The average Bonchev–Trinajstić information content (AvgIpc) is 3.25. The predicted molar refractivity (Wildman–Crippen MR) is 154 cm³/mol. The van der Waals surface area contributed by atoms with Crippen molar-refractivity contribution in [3.8, 4) is 11.1 Å². The summed E-state index contributed by atoms with van der Waals surface area (Å²) >= 11 is 12.1. The standard InChI is InChI=1S/C29H32Cl2N4O4/c1-3-26-28(33-29(38)39-18-21-13-24(30)15-25(31)14-21)35-17-23(12-19(2)27(35)32-26)22-6-4-20(5-7-22)16-34(8-10-36)9-11-37/h4-7,12-15,17,36-37H,3,8-11,16,18H2,1-2H3,(H,33,38). The number of rotatable bonds is 11. The van der Waals surface area contributed by atoms with E-state index in [0.717, 1.165) is 33.6 Å². The van der Waals surface area contributed by atoms with Crippen molar-refractivity contribution in [2.45, 2.75) is 33.4 Å². The van der Waals surface area contributed by atoms with E-state index < -0.39 is 6.09 Å². The van der Waals surface area contributed by atoms with Gasteiger partial charge in [0, 0.05) is 35.9 Å². The van der Waals surface area contributed by atoms with Crippen LogP contribution in [0.3, 0.4) is 0 Å². The van der Waals surface area contributed by atoms with Crippen molar-refractivity contribution in [3.63, 3.8) is 0 Å². The van der Waals surface area contributed by atoms with Gasteiger partial charge in [-0.2, -0.15) is 0 Å². The number of nitrogens with zero attached hydrogens (tertiary/aromatic N) is 3. The third-order valence-electron chi connectivity index (χ3n) is 6.35. The van der Waals surface area contributed by atoms with Crippen LogP contribution in [0.2, 0.25) is 10.0 Å². The van der Waals surface area contributed by atoms with E-state index in [0.29, 0.717) is 47.5 Å². The van der Waals surface area contributed by atoms with Gasteiger partial charge in [-0.05, 0) is 65.4 Å². The molecule has 0 atom stereocenters. The molecule has 0 bridgehead atoms. The summed E-state index contributed by atoms with van der Waals surface area (Å²) in [5, 5.41) is 22.4. The highest BCUT2D eigenvalue weighted by molar-refractivity contribution is 6.34. The van der Waals surface area contributed by atoms with Gasteiger partial charge in [0.2, 0.25) is 0 Å². The van der Waals surface area contributed by atoms with Gasteiger partial charge in [0.05, 0.1) is 18.9 Å². The van der Waals surface area contributed by atoms with Crippen LogP contribution in [-0.2, 0) is 24.3 Å². The number of hydrogen-bond acceptors (Lipinski definition) is 6. The largest absolute Gasteiger partial charge is 0.444 e. The van der Waals surface area contributed by atoms with Crippen LogP contribution in [0.25, 0.3) is 16.8 Å². The van der Waals surface area contributed by atoms with Crippen LogP contribution in [0.1, 0.15) is 29.3 Å². The second kappa shape index (κ2) is 13.3. The lowest BCUT2D eigenvalue weighted by Crippen LogP contribution is -2.29. The first-order valence-electron chi connectivity index (χ1n) is 12.7. The quantitative estimate of drug-likeness (QED) is 0.213. The van der Waals surface area contributed by atoms with Crippen LogP contribution in [0, 0.1) is 6.92 Å². The van der Waals surface area contributed by atoms with Crippen LogP contribution in [0.4, 0.5) is 10.6 Å². The molecule has 0 aliphatic carbocycles. The molecule has 0 radical (unpaired) electrons. The van der Waals surface area contributed by atoms with Crippen molar-refractivity contribution in [2.24, 2.45) is 0 Å². The lowest BCUT2D eigenvalue weighted by Gasteiger charge is -2.20. The number of benzene rings is 2. The van der Waals surface area contributed by atoms with Gasteiger partial charge in [0.25, 0.3) is 0 Å². The van der Waals surface area contributed by atoms with Crippen molar-refractivity contribution in [1.82, 2.24) is 14.3 Å². The Balaban J connectivity index is 1.56. The number of aliphatic hydroxyl groups is 2. The Labute approximate surface area is 237 Å². The Morgan fingerprint density at radius 2 is 1.67 bits per heavy atom. The van der Waals surface area contributed by atoms with Gasteiger partial charge < -0.3 is 14.9 Å². The third kappa shape index (κ3) is 7.29. The Hall–Kier alpha value is -3.14. The zero-order valence-electron chi connectivity index (χ0n) is 22.0. The molecule has 0 aliphatic rings. The van der Waals surface area contributed by atoms with E-state index in [4.69, 9.17) is 32.9 Å². The van der Waals surface area contributed by atoms with Gasteiger partial charge in [-0.25, -0.2) is 9.78 Å². The summed E-state index contributed by atoms with van der Waals surface area (Å²) in [4.78, 5) is 19.5. The van der Waals surface area contributed by atoms with Gasteiger partial charge in [0.15, 0.2) is 0 Å². The van der Waals surface area contributed by atoms with Crippen LogP contribution in [0.15, 0.2) is 54.7 Å². The number of hydrogen-bond donors (Lipinski definition) is 3. The topological polar surface area (TPSA) is 99.3 Å². The molecule has 1 amide bonds. The first-order valence-corrected chi connectivity index (χ1v) is 13.5. The van der Waals surface area contributed by atoms with Gasteiger partial charge in [-0.3, -0.25) is 14.6 Å². The minimum absolute atomic E-state index is 0.0228. The van der Waals surface area contributed by atoms with E-state index in [2.05, 4.69) is 11.4 Å².